The van der Waals surface area contributed by atoms with E-state index < -0.39 is 0 Å². The third-order valence-corrected chi connectivity index (χ3v) is 5.46. The maximum atomic E-state index is 6.10. The van der Waals surface area contributed by atoms with E-state index in [4.69, 9.17) is 11.5 Å². The highest BCUT2D eigenvalue weighted by Gasteiger charge is 2.22. The monoisotopic (exact) mass is 404 g/mol. The summed E-state index contributed by atoms with van der Waals surface area (Å²) in [5.41, 5.74) is 14.7. The molecule has 0 aromatic heterocycles. The molecule has 0 aliphatic rings. The van der Waals surface area contributed by atoms with Crippen molar-refractivity contribution in [2.24, 2.45) is 11.5 Å². The summed E-state index contributed by atoms with van der Waals surface area (Å²) < 4.78 is 0. The number of benzene rings is 1. The molecule has 0 saturated carbocycles. The second-order valence-corrected chi connectivity index (χ2v) is 11.4. The zero-order valence-electron chi connectivity index (χ0n) is 20.4. The van der Waals surface area contributed by atoms with Gasteiger partial charge >= 0.3 is 0 Å². The highest BCUT2D eigenvalue weighted by molar-refractivity contribution is 5.29. The summed E-state index contributed by atoms with van der Waals surface area (Å²) in [4.78, 5) is 0. The van der Waals surface area contributed by atoms with E-state index in [9.17, 15) is 0 Å². The van der Waals surface area contributed by atoms with Crippen molar-refractivity contribution in [1.29, 1.82) is 0 Å². The molecule has 4 heteroatoms. The van der Waals surface area contributed by atoms with Crippen LogP contribution in [0, 0.1) is 0 Å². The molecule has 4 nitrogen and oxygen atoms in total. The summed E-state index contributed by atoms with van der Waals surface area (Å²) in [6.45, 7) is 19.4. The van der Waals surface area contributed by atoms with E-state index in [2.05, 4.69) is 90.3 Å². The van der Waals surface area contributed by atoms with Gasteiger partial charge in [0.1, 0.15) is 0 Å². The average molecular weight is 405 g/mol. The lowest BCUT2D eigenvalue weighted by molar-refractivity contribution is 0.362. The molecule has 0 atom stereocenters. The second-order valence-electron chi connectivity index (χ2n) is 11.4. The molecule has 29 heavy (non-hydrogen) atoms. The maximum absolute atomic E-state index is 6.10. The first kappa shape index (κ1) is 26.1. The Bertz CT molecular complexity index is 606. The van der Waals surface area contributed by atoms with Crippen molar-refractivity contribution < 1.29 is 0 Å². The van der Waals surface area contributed by atoms with Crippen LogP contribution in [0.15, 0.2) is 24.3 Å². The maximum Gasteiger partial charge on any atom is 0.0377 e. The van der Waals surface area contributed by atoms with Gasteiger partial charge < -0.3 is 22.1 Å². The fourth-order valence-electron chi connectivity index (χ4n) is 3.66. The molecular weight excluding hydrogens is 356 g/mol. The lowest BCUT2D eigenvalue weighted by atomic mass is 9.88. The molecule has 0 amide bonds. The van der Waals surface area contributed by atoms with E-state index >= 15 is 0 Å². The third kappa shape index (κ3) is 11.7. The Morgan fingerprint density at radius 1 is 0.759 bits per heavy atom. The fourth-order valence-corrected chi connectivity index (χ4v) is 3.66. The molecule has 0 aliphatic carbocycles. The van der Waals surface area contributed by atoms with Crippen LogP contribution in [0.4, 0.5) is 0 Å². The van der Waals surface area contributed by atoms with Gasteiger partial charge in [-0.05, 0) is 112 Å². The Balaban J connectivity index is 2.61. The number of hydrogen-bond acceptors (Lipinski definition) is 4. The van der Waals surface area contributed by atoms with Crippen LogP contribution in [0.5, 0.6) is 0 Å². The van der Waals surface area contributed by atoms with Crippen molar-refractivity contribution in [3.8, 4) is 0 Å². The third-order valence-electron chi connectivity index (χ3n) is 5.46. The average Bonchev–Trinajstić information content (AvgIpc) is 2.54. The van der Waals surface area contributed by atoms with Crippen LogP contribution in [-0.2, 0) is 12.0 Å². The van der Waals surface area contributed by atoms with Gasteiger partial charge in [-0.25, -0.2) is 0 Å². The first-order valence-electron chi connectivity index (χ1n) is 11.3. The SMILES string of the molecule is CC(C)(N)CCCNC(C)(C)Cc1cccc(C(C)(C)NCCCC(C)(C)N)c1. The van der Waals surface area contributed by atoms with E-state index in [1.807, 2.05) is 0 Å². The molecular formula is C25H48N4. The summed E-state index contributed by atoms with van der Waals surface area (Å²) in [5, 5.41) is 7.42. The fraction of sp³-hybridized carbons (Fsp3) is 0.760. The molecule has 0 unspecified atom stereocenters. The van der Waals surface area contributed by atoms with Crippen LogP contribution >= 0.6 is 0 Å². The molecule has 6 N–H and O–H groups in total. The van der Waals surface area contributed by atoms with Crippen molar-refractivity contribution in [2.45, 2.75) is 110 Å². The Labute approximate surface area is 180 Å². The van der Waals surface area contributed by atoms with E-state index in [1.54, 1.807) is 0 Å². The van der Waals surface area contributed by atoms with Crippen LogP contribution in [0.2, 0.25) is 0 Å². The minimum Gasteiger partial charge on any atom is -0.326 e. The minimum atomic E-state index is -0.0930. The van der Waals surface area contributed by atoms with E-state index in [-0.39, 0.29) is 22.2 Å². The van der Waals surface area contributed by atoms with Crippen molar-refractivity contribution in [3.05, 3.63) is 35.4 Å². The van der Waals surface area contributed by atoms with E-state index in [0.717, 1.165) is 45.2 Å². The summed E-state index contributed by atoms with van der Waals surface area (Å²) in [6, 6.07) is 9.01. The van der Waals surface area contributed by atoms with Crippen LogP contribution in [0.3, 0.4) is 0 Å². The molecule has 0 fully saturated rings. The molecule has 0 saturated heterocycles. The molecule has 0 heterocycles. The Kier molecular flexibility index (Phi) is 9.35. The zero-order chi connectivity index (χ0) is 22.3. The number of hydrogen-bond donors (Lipinski definition) is 4. The predicted octanol–water partition coefficient (Wildman–Crippen LogP) is 4.46. The van der Waals surface area contributed by atoms with Crippen molar-refractivity contribution in [2.75, 3.05) is 13.1 Å². The molecule has 168 valence electrons. The normalized spacial score (nSPS) is 13.7. The van der Waals surface area contributed by atoms with Gasteiger partial charge in [0, 0.05) is 22.2 Å². The second kappa shape index (κ2) is 10.4. The highest BCUT2D eigenvalue weighted by Crippen LogP contribution is 2.23. The van der Waals surface area contributed by atoms with E-state index in [0.29, 0.717) is 0 Å². The summed E-state index contributed by atoms with van der Waals surface area (Å²) in [7, 11) is 0. The molecule has 0 radical (unpaired) electrons. The first-order chi connectivity index (χ1) is 13.1. The molecule has 1 aromatic carbocycles. The molecule has 0 spiro atoms. The van der Waals surface area contributed by atoms with Gasteiger partial charge in [-0.3, -0.25) is 0 Å². The Morgan fingerprint density at radius 2 is 1.28 bits per heavy atom. The van der Waals surface area contributed by atoms with Gasteiger partial charge in [-0.2, -0.15) is 0 Å². The van der Waals surface area contributed by atoms with Crippen LogP contribution in [0.25, 0.3) is 0 Å². The lowest BCUT2D eigenvalue weighted by Gasteiger charge is -2.30. The minimum absolute atomic E-state index is 0.0565. The lowest BCUT2D eigenvalue weighted by Crippen LogP contribution is -2.43. The largest absolute Gasteiger partial charge is 0.326 e. The topological polar surface area (TPSA) is 76.1 Å². The molecule has 1 aromatic rings. The highest BCUT2D eigenvalue weighted by atomic mass is 15.0. The van der Waals surface area contributed by atoms with Crippen molar-refractivity contribution >= 4 is 0 Å². The van der Waals surface area contributed by atoms with Crippen molar-refractivity contribution in [1.82, 2.24) is 10.6 Å². The summed E-state index contributed by atoms with van der Waals surface area (Å²) in [6.07, 6.45) is 5.25. The number of rotatable bonds is 13. The Morgan fingerprint density at radius 3 is 1.79 bits per heavy atom. The molecule has 0 aliphatic heterocycles. The van der Waals surface area contributed by atoms with Crippen LogP contribution < -0.4 is 22.1 Å². The van der Waals surface area contributed by atoms with Gasteiger partial charge in [-0.15, -0.1) is 0 Å². The molecule has 1 rings (SSSR count). The van der Waals surface area contributed by atoms with Gasteiger partial charge in [0.05, 0.1) is 0 Å². The number of nitrogens with one attached hydrogen (secondary N) is 2. The summed E-state index contributed by atoms with van der Waals surface area (Å²) in [5.74, 6) is 0. The van der Waals surface area contributed by atoms with Crippen molar-refractivity contribution in [3.63, 3.8) is 0 Å². The molecule has 0 bridgehead atoms. The van der Waals surface area contributed by atoms with Crippen LogP contribution in [-0.4, -0.2) is 29.7 Å². The van der Waals surface area contributed by atoms with Gasteiger partial charge in [-0.1, -0.05) is 24.3 Å². The smallest absolute Gasteiger partial charge is 0.0377 e. The Hall–Kier alpha value is -0.940. The predicted molar refractivity (Wildman–Crippen MR) is 128 cm³/mol. The quantitative estimate of drug-likeness (QED) is 0.366. The van der Waals surface area contributed by atoms with Crippen LogP contribution in [0.1, 0.15) is 92.2 Å². The first-order valence-corrected chi connectivity index (χ1v) is 11.3. The van der Waals surface area contributed by atoms with Gasteiger partial charge in [0.25, 0.3) is 0 Å². The van der Waals surface area contributed by atoms with E-state index in [1.165, 1.54) is 11.1 Å². The summed E-state index contributed by atoms with van der Waals surface area (Å²) >= 11 is 0. The standard InChI is InChI=1S/C25H48N4/c1-22(2,26)14-10-16-28-24(5,6)19-20-12-9-13-21(18-20)25(7,8)29-17-11-15-23(3,4)27/h9,12-13,18,28-29H,10-11,14-17,19,26-27H2,1-8H3. The zero-order valence-corrected chi connectivity index (χ0v) is 20.4. The number of nitrogens with two attached hydrogens (primary N) is 2. The van der Waals surface area contributed by atoms with Gasteiger partial charge in [0.15, 0.2) is 0 Å². The van der Waals surface area contributed by atoms with Gasteiger partial charge in [0.2, 0.25) is 0 Å².